The molecule has 0 spiro atoms. The van der Waals surface area contributed by atoms with E-state index in [2.05, 4.69) is 15.0 Å². The summed E-state index contributed by atoms with van der Waals surface area (Å²) in [7, 11) is 1.95. The highest BCUT2D eigenvalue weighted by Gasteiger charge is 2.15. The summed E-state index contributed by atoms with van der Waals surface area (Å²) in [6.07, 6.45) is 8.94. The quantitative estimate of drug-likeness (QED) is 0.555. The summed E-state index contributed by atoms with van der Waals surface area (Å²) in [4.78, 5) is 17.8. The molecule has 3 aromatic heterocycles. The Labute approximate surface area is 150 Å². The molecule has 0 radical (unpaired) electrons. The third-order valence-electron chi connectivity index (χ3n) is 3.91. The molecule has 0 aliphatic heterocycles. The second-order valence-electron chi connectivity index (χ2n) is 5.56. The maximum absolute atomic E-state index is 6.03. The predicted molar refractivity (Wildman–Crippen MR) is 97.9 cm³/mol. The average Bonchev–Trinajstić information content (AvgIpc) is 3.08. The molecule has 0 saturated heterocycles. The van der Waals surface area contributed by atoms with Gasteiger partial charge in [0.25, 0.3) is 0 Å². The van der Waals surface area contributed by atoms with Gasteiger partial charge in [-0.25, -0.2) is 15.0 Å². The highest BCUT2D eigenvalue weighted by Crippen LogP contribution is 2.31. The largest absolute Gasteiger partial charge is 0.334 e. The summed E-state index contributed by atoms with van der Waals surface area (Å²) in [5, 5.41) is 0.686. The van der Waals surface area contributed by atoms with Crippen molar-refractivity contribution in [3.05, 3.63) is 72.4 Å². The van der Waals surface area contributed by atoms with Gasteiger partial charge in [-0.05, 0) is 24.3 Å². The molecule has 4 aromatic rings. The molecule has 0 N–H and O–H groups in total. The molecular weight excluding hydrogens is 334 g/mol. The van der Waals surface area contributed by atoms with Crippen LogP contribution in [-0.4, -0.2) is 24.5 Å². The number of pyridine rings is 1. The first-order valence-corrected chi connectivity index (χ1v) is 8.11. The van der Waals surface area contributed by atoms with Crippen LogP contribution in [0.25, 0.3) is 34.0 Å². The molecule has 0 fully saturated rings. The van der Waals surface area contributed by atoms with E-state index >= 15 is 0 Å². The normalized spacial score (nSPS) is 10.8. The van der Waals surface area contributed by atoms with Crippen LogP contribution < -0.4 is 0 Å². The highest BCUT2D eigenvalue weighted by molar-refractivity contribution is 6.30. The Hall–Kier alpha value is -3.05. The Morgan fingerprint density at radius 2 is 1.64 bits per heavy atom. The zero-order valence-corrected chi connectivity index (χ0v) is 14.2. The van der Waals surface area contributed by atoms with Gasteiger partial charge in [0.1, 0.15) is 5.82 Å². The minimum absolute atomic E-state index is 0.644. The molecule has 4 rings (SSSR count). The number of benzene rings is 1. The van der Waals surface area contributed by atoms with Gasteiger partial charge >= 0.3 is 0 Å². The van der Waals surface area contributed by atoms with Crippen LogP contribution in [-0.2, 0) is 7.05 Å². The van der Waals surface area contributed by atoms with E-state index in [4.69, 9.17) is 16.6 Å². The van der Waals surface area contributed by atoms with Crippen LogP contribution in [0.15, 0.2) is 67.4 Å². The number of rotatable bonds is 3. The molecule has 122 valence electrons. The summed E-state index contributed by atoms with van der Waals surface area (Å²) in [6, 6.07) is 11.4. The van der Waals surface area contributed by atoms with Crippen LogP contribution in [0, 0.1) is 0 Å². The molecule has 25 heavy (non-hydrogen) atoms. The molecule has 1 aromatic carbocycles. The van der Waals surface area contributed by atoms with E-state index in [9.17, 15) is 0 Å². The average molecular weight is 348 g/mol. The van der Waals surface area contributed by atoms with Crippen LogP contribution in [0.3, 0.4) is 0 Å². The number of halogens is 1. The molecule has 0 saturated carbocycles. The number of hydrogen-bond acceptors (Lipinski definition) is 4. The van der Waals surface area contributed by atoms with Crippen molar-refractivity contribution in [2.75, 3.05) is 0 Å². The SMILES string of the molecule is Cn1ccnc1-c1cnc(-c2ccncc2)nc1-c1ccc(Cl)cc1. The van der Waals surface area contributed by atoms with Gasteiger partial charge in [-0.3, -0.25) is 4.98 Å². The monoisotopic (exact) mass is 347 g/mol. The molecular formula is C19H14ClN5. The number of aromatic nitrogens is 5. The first-order valence-electron chi connectivity index (χ1n) is 7.73. The molecule has 6 heteroatoms. The Bertz CT molecular complexity index is 1010. The van der Waals surface area contributed by atoms with Crippen LogP contribution in [0.2, 0.25) is 5.02 Å². The van der Waals surface area contributed by atoms with Gasteiger partial charge in [0, 0.05) is 54.2 Å². The topological polar surface area (TPSA) is 56.5 Å². The van der Waals surface area contributed by atoms with Crippen molar-refractivity contribution in [2.24, 2.45) is 7.05 Å². The smallest absolute Gasteiger partial charge is 0.159 e. The molecule has 5 nitrogen and oxygen atoms in total. The Balaban J connectivity index is 1.93. The van der Waals surface area contributed by atoms with E-state index in [1.807, 2.05) is 60.4 Å². The molecule has 3 heterocycles. The van der Waals surface area contributed by atoms with Crippen LogP contribution >= 0.6 is 11.6 Å². The van der Waals surface area contributed by atoms with Gasteiger partial charge in [-0.2, -0.15) is 0 Å². The first-order chi connectivity index (χ1) is 12.2. The fourth-order valence-electron chi connectivity index (χ4n) is 2.64. The highest BCUT2D eigenvalue weighted by atomic mass is 35.5. The second kappa shape index (κ2) is 6.45. The van der Waals surface area contributed by atoms with E-state index in [-0.39, 0.29) is 0 Å². The number of aryl methyl sites for hydroxylation is 1. The zero-order valence-electron chi connectivity index (χ0n) is 13.5. The van der Waals surface area contributed by atoms with Crippen molar-refractivity contribution < 1.29 is 0 Å². The third-order valence-corrected chi connectivity index (χ3v) is 4.16. The van der Waals surface area contributed by atoms with Crippen LogP contribution in [0.4, 0.5) is 0 Å². The van der Waals surface area contributed by atoms with Crippen molar-refractivity contribution in [1.29, 1.82) is 0 Å². The molecule has 0 amide bonds. The number of imidazole rings is 1. The molecule has 0 aliphatic rings. The lowest BCUT2D eigenvalue weighted by molar-refractivity contribution is 0.922. The van der Waals surface area contributed by atoms with Crippen molar-refractivity contribution in [3.63, 3.8) is 0 Å². The van der Waals surface area contributed by atoms with Crippen LogP contribution in [0.5, 0.6) is 0 Å². The maximum Gasteiger partial charge on any atom is 0.159 e. The molecule has 0 atom stereocenters. The number of nitrogens with zero attached hydrogens (tertiary/aromatic N) is 5. The predicted octanol–water partition coefficient (Wildman–Crippen LogP) is 4.26. The first kappa shape index (κ1) is 15.5. The lowest BCUT2D eigenvalue weighted by Crippen LogP contribution is -1.99. The minimum Gasteiger partial charge on any atom is -0.334 e. The molecule has 0 bridgehead atoms. The van der Waals surface area contributed by atoms with Gasteiger partial charge in [-0.1, -0.05) is 23.7 Å². The third kappa shape index (κ3) is 3.02. The second-order valence-corrected chi connectivity index (χ2v) is 6.00. The lowest BCUT2D eigenvalue weighted by Gasteiger charge is -2.11. The summed E-state index contributed by atoms with van der Waals surface area (Å²) in [6.45, 7) is 0. The van der Waals surface area contributed by atoms with E-state index in [1.54, 1.807) is 18.6 Å². The summed E-state index contributed by atoms with van der Waals surface area (Å²) in [5.41, 5.74) is 3.55. The minimum atomic E-state index is 0.644. The van der Waals surface area contributed by atoms with E-state index in [1.165, 1.54) is 0 Å². The summed E-state index contributed by atoms with van der Waals surface area (Å²) in [5.74, 6) is 1.46. The van der Waals surface area contributed by atoms with Gasteiger partial charge in [0.05, 0.1) is 11.3 Å². The summed E-state index contributed by atoms with van der Waals surface area (Å²) < 4.78 is 1.95. The van der Waals surface area contributed by atoms with Crippen LogP contribution in [0.1, 0.15) is 0 Å². The van der Waals surface area contributed by atoms with Crippen molar-refractivity contribution >= 4 is 11.6 Å². The fourth-order valence-corrected chi connectivity index (χ4v) is 2.76. The lowest BCUT2D eigenvalue weighted by atomic mass is 10.1. The van der Waals surface area contributed by atoms with E-state index < -0.39 is 0 Å². The summed E-state index contributed by atoms with van der Waals surface area (Å²) >= 11 is 6.03. The van der Waals surface area contributed by atoms with E-state index in [0.717, 1.165) is 28.2 Å². The Kier molecular flexibility index (Phi) is 3.99. The maximum atomic E-state index is 6.03. The van der Waals surface area contributed by atoms with E-state index in [0.29, 0.717) is 10.8 Å². The van der Waals surface area contributed by atoms with Gasteiger partial charge in [0.15, 0.2) is 5.82 Å². The van der Waals surface area contributed by atoms with Gasteiger partial charge < -0.3 is 4.57 Å². The standard InChI is InChI=1S/C19H14ClN5/c1-25-11-10-22-19(25)16-12-23-18(14-6-8-21-9-7-14)24-17(16)13-2-4-15(20)5-3-13/h2-12H,1H3. The fraction of sp³-hybridized carbons (Fsp3) is 0.0526. The van der Waals surface area contributed by atoms with Crippen molar-refractivity contribution in [1.82, 2.24) is 24.5 Å². The Morgan fingerprint density at radius 3 is 2.32 bits per heavy atom. The number of hydrogen-bond donors (Lipinski definition) is 0. The van der Waals surface area contributed by atoms with Crippen molar-refractivity contribution in [3.8, 4) is 34.0 Å². The van der Waals surface area contributed by atoms with Crippen molar-refractivity contribution in [2.45, 2.75) is 0 Å². The molecule has 0 unspecified atom stereocenters. The molecule has 0 aliphatic carbocycles. The van der Waals surface area contributed by atoms with Gasteiger partial charge in [-0.15, -0.1) is 0 Å². The van der Waals surface area contributed by atoms with Gasteiger partial charge in [0.2, 0.25) is 0 Å². The Morgan fingerprint density at radius 1 is 0.880 bits per heavy atom. The zero-order chi connectivity index (χ0) is 17.2.